The first kappa shape index (κ1) is 17.2. The van der Waals surface area contributed by atoms with Gasteiger partial charge in [-0.1, -0.05) is 18.2 Å². The number of benzene rings is 1. The molecule has 1 atom stereocenters. The smallest absolute Gasteiger partial charge is 0.319 e. The molecule has 2 amide bonds. The zero-order chi connectivity index (χ0) is 15.7. The summed E-state index contributed by atoms with van der Waals surface area (Å²) in [5.74, 6) is -0.322. The predicted molar refractivity (Wildman–Crippen MR) is 83.0 cm³/mol. The number of para-hydroxylation sites is 1. The molecule has 1 rings (SSSR count). The van der Waals surface area contributed by atoms with Gasteiger partial charge in [0.1, 0.15) is 0 Å². The van der Waals surface area contributed by atoms with Gasteiger partial charge in [0.05, 0.1) is 0 Å². The second kappa shape index (κ2) is 9.12. The average Bonchev–Trinajstić information content (AvgIpc) is 2.42. The molecule has 1 unspecified atom stereocenters. The largest absolute Gasteiger partial charge is 0.481 e. The molecule has 0 fully saturated rings. The Hall–Kier alpha value is -1.89. The highest BCUT2D eigenvalue weighted by Crippen LogP contribution is 2.16. The van der Waals surface area contributed by atoms with Crippen LogP contribution in [0.1, 0.15) is 18.4 Å². The Balaban J connectivity index is 2.47. The van der Waals surface area contributed by atoms with Crippen LogP contribution in [0.15, 0.2) is 24.3 Å². The molecule has 0 saturated carbocycles. The Morgan fingerprint density at radius 3 is 2.67 bits per heavy atom. The van der Waals surface area contributed by atoms with Crippen molar-refractivity contribution in [2.24, 2.45) is 0 Å². The fraction of sp³-hybridized carbons (Fsp3) is 0.429. The van der Waals surface area contributed by atoms with Crippen molar-refractivity contribution in [3.05, 3.63) is 29.8 Å². The van der Waals surface area contributed by atoms with Gasteiger partial charge in [-0.3, -0.25) is 9.00 Å². The van der Waals surface area contributed by atoms with Crippen molar-refractivity contribution >= 4 is 28.5 Å². The number of hydrogen-bond acceptors (Lipinski definition) is 3. The molecule has 0 aromatic heterocycles. The van der Waals surface area contributed by atoms with Crippen molar-refractivity contribution in [1.82, 2.24) is 5.32 Å². The van der Waals surface area contributed by atoms with E-state index in [-0.39, 0.29) is 12.5 Å². The minimum Gasteiger partial charge on any atom is -0.481 e. The number of aliphatic carboxylic acids is 1. The van der Waals surface area contributed by atoms with Gasteiger partial charge in [-0.2, -0.15) is 0 Å². The maximum atomic E-state index is 11.7. The maximum absolute atomic E-state index is 11.7. The van der Waals surface area contributed by atoms with E-state index in [9.17, 15) is 13.8 Å². The minimum absolute atomic E-state index is 0.0165. The van der Waals surface area contributed by atoms with Crippen LogP contribution in [0.25, 0.3) is 0 Å². The van der Waals surface area contributed by atoms with Crippen molar-refractivity contribution < 1.29 is 18.9 Å². The van der Waals surface area contributed by atoms with Crippen molar-refractivity contribution in [2.45, 2.75) is 19.3 Å². The Morgan fingerprint density at radius 1 is 1.29 bits per heavy atom. The van der Waals surface area contributed by atoms with E-state index in [4.69, 9.17) is 5.11 Å². The lowest BCUT2D eigenvalue weighted by atomic mass is 10.1. The van der Waals surface area contributed by atoms with Gasteiger partial charge >= 0.3 is 12.0 Å². The van der Waals surface area contributed by atoms with Gasteiger partial charge in [-0.05, 0) is 24.5 Å². The second-order valence-corrected chi connectivity index (χ2v) is 6.12. The Labute approximate surface area is 126 Å². The second-order valence-electron chi connectivity index (χ2n) is 4.56. The van der Waals surface area contributed by atoms with E-state index in [2.05, 4.69) is 10.6 Å². The quantitative estimate of drug-likeness (QED) is 0.635. The lowest BCUT2D eigenvalue weighted by Crippen LogP contribution is -2.30. The highest BCUT2D eigenvalue weighted by atomic mass is 32.2. The summed E-state index contributed by atoms with van der Waals surface area (Å²) in [6.45, 7) is 0.447. The molecule has 6 nitrogen and oxygen atoms in total. The lowest BCUT2D eigenvalue weighted by molar-refractivity contribution is -0.136. The number of carbonyl (C=O) groups excluding carboxylic acids is 1. The van der Waals surface area contributed by atoms with E-state index < -0.39 is 16.8 Å². The summed E-state index contributed by atoms with van der Waals surface area (Å²) in [6, 6.07) is 6.76. The Bertz CT molecular complexity index is 519. The molecule has 0 aliphatic heterocycles. The minimum atomic E-state index is -0.873. The van der Waals surface area contributed by atoms with Gasteiger partial charge in [-0.25, -0.2) is 4.79 Å². The first-order valence-corrected chi connectivity index (χ1v) is 8.36. The van der Waals surface area contributed by atoms with E-state index in [1.54, 1.807) is 30.5 Å². The van der Waals surface area contributed by atoms with Crippen molar-refractivity contribution in [3.8, 4) is 0 Å². The SMILES string of the molecule is CS(=O)CCCNC(=O)Nc1ccccc1CCC(=O)O. The summed E-state index contributed by atoms with van der Waals surface area (Å²) in [6.07, 6.45) is 2.65. The summed E-state index contributed by atoms with van der Waals surface area (Å²) in [7, 11) is -0.856. The number of aryl methyl sites for hydroxylation is 1. The van der Waals surface area contributed by atoms with Gasteiger partial charge in [0.2, 0.25) is 0 Å². The van der Waals surface area contributed by atoms with Crippen LogP contribution in [0.5, 0.6) is 0 Å². The molecule has 0 spiro atoms. The van der Waals surface area contributed by atoms with E-state index >= 15 is 0 Å². The van der Waals surface area contributed by atoms with Gasteiger partial charge in [-0.15, -0.1) is 0 Å². The van der Waals surface area contributed by atoms with Crippen molar-refractivity contribution in [2.75, 3.05) is 23.9 Å². The molecule has 1 aromatic rings. The molecule has 1 aromatic carbocycles. The highest BCUT2D eigenvalue weighted by molar-refractivity contribution is 7.84. The first-order valence-electron chi connectivity index (χ1n) is 6.63. The van der Waals surface area contributed by atoms with Gasteiger partial charge in [0.15, 0.2) is 0 Å². The summed E-state index contributed by atoms with van der Waals surface area (Å²) < 4.78 is 10.9. The number of rotatable bonds is 8. The third kappa shape index (κ3) is 7.45. The molecule has 0 aliphatic carbocycles. The standard InChI is InChI=1S/C14H20N2O4S/c1-21(20)10-4-9-15-14(19)16-12-6-3-2-5-11(12)7-8-13(17)18/h2-3,5-6H,4,7-10H2,1H3,(H,17,18)(H2,15,16,19). The van der Waals surface area contributed by atoms with E-state index in [0.717, 1.165) is 5.56 Å². The van der Waals surface area contributed by atoms with Crippen LogP contribution in [-0.4, -0.2) is 39.9 Å². The predicted octanol–water partition coefficient (Wildman–Crippen LogP) is 1.59. The third-order valence-corrected chi connectivity index (χ3v) is 3.63. The van der Waals surface area contributed by atoms with Gasteiger partial charge in [0, 0.05) is 41.5 Å². The number of urea groups is 1. The van der Waals surface area contributed by atoms with Crippen molar-refractivity contribution in [3.63, 3.8) is 0 Å². The number of nitrogens with one attached hydrogen (secondary N) is 2. The Morgan fingerprint density at radius 2 is 2.00 bits per heavy atom. The number of amides is 2. The molecule has 0 saturated heterocycles. The van der Waals surface area contributed by atoms with Crippen LogP contribution in [0.2, 0.25) is 0 Å². The van der Waals surface area contributed by atoms with Crippen LogP contribution in [0, 0.1) is 0 Å². The summed E-state index contributed by atoms with van der Waals surface area (Å²) in [5, 5.41) is 14.1. The van der Waals surface area contributed by atoms with Crippen molar-refractivity contribution in [1.29, 1.82) is 0 Å². The highest BCUT2D eigenvalue weighted by Gasteiger charge is 2.07. The lowest BCUT2D eigenvalue weighted by Gasteiger charge is -2.11. The number of carbonyl (C=O) groups is 2. The molecule has 0 radical (unpaired) electrons. The topological polar surface area (TPSA) is 95.5 Å². The third-order valence-electron chi connectivity index (χ3n) is 2.77. The molecular weight excluding hydrogens is 292 g/mol. The maximum Gasteiger partial charge on any atom is 0.319 e. The zero-order valence-electron chi connectivity index (χ0n) is 11.9. The molecule has 3 N–H and O–H groups in total. The molecule has 116 valence electrons. The summed E-state index contributed by atoms with van der Waals surface area (Å²) in [5.41, 5.74) is 1.39. The molecule has 21 heavy (non-hydrogen) atoms. The van der Waals surface area contributed by atoms with Gasteiger partial charge < -0.3 is 15.7 Å². The van der Waals surface area contributed by atoms with Crippen LogP contribution in [0.4, 0.5) is 10.5 Å². The fourth-order valence-corrected chi connectivity index (χ4v) is 2.30. The number of carboxylic acids is 1. The fourth-order valence-electron chi connectivity index (χ4n) is 1.75. The molecule has 7 heteroatoms. The summed E-state index contributed by atoms with van der Waals surface area (Å²) in [4.78, 5) is 22.3. The van der Waals surface area contributed by atoms with Gasteiger partial charge in [0.25, 0.3) is 0 Å². The molecule has 0 bridgehead atoms. The van der Waals surface area contributed by atoms with Crippen LogP contribution in [0.3, 0.4) is 0 Å². The zero-order valence-corrected chi connectivity index (χ0v) is 12.7. The molecule has 0 heterocycles. The van der Waals surface area contributed by atoms with Crippen LogP contribution >= 0.6 is 0 Å². The van der Waals surface area contributed by atoms with Crippen LogP contribution in [-0.2, 0) is 22.0 Å². The van der Waals surface area contributed by atoms with E-state index in [1.807, 2.05) is 0 Å². The Kier molecular flexibility index (Phi) is 7.45. The number of anilines is 1. The number of carboxylic acid groups (broad SMARTS) is 1. The first-order chi connectivity index (χ1) is 9.99. The van der Waals surface area contributed by atoms with E-state index in [0.29, 0.717) is 30.8 Å². The summed E-state index contributed by atoms with van der Waals surface area (Å²) >= 11 is 0. The monoisotopic (exact) mass is 312 g/mol. The van der Waals surface area contributed by atoms with Crippen LogP contribution < -0.4 is 10.6 Å². The average molecular weight is 312 g/mol. The molecular formula is C14H20N2O4S. The van der Waals surface area contributed by atoms with E-state index in [1.165, 1.54) is 0 Å². The normalized spacial score (nSPS) is 11.7. The number of hydrogen-bond donors (Lipinski definition) is 3. The molecule has 0 aliphatic rings.